The van der Waals surface area contributed by atoms with Crippen LogP contribution in [-0.4, -0.2) is 250 Å². The lowest BCUT2D eigenvalue weighted by Crippen LogP contribution is -2.46. The molecule has 17 aromatic heterocycles. The van der Waals surface area contributed by atoms with Crippen LogP contribution in [0.5, 0.6) is 0 Å². The van der Waals surface area contributed by atoms with Crippen molar-refractivity contribution in [2.75, 3.05) is 110 Å². The van der Waals surface area contributed by atoms with Gasteiger partial charge in [0.1, 0.15) is 17.0 Å². The molecule has 0 saturated carbocycles. The summed E-state index contributed by atoms with van der Waals surface area (Å²) in [6.45, 7) is 31.3. The highest BCUT2D eigenvalue weighted by atomic mass is 16.1. The Hall–Kier alpha value is -16.4. The van der Waals surface area contributed by atoms with E-state index >= 15 is 0 Å². The van der Waals surface area contributed by atoms with E-state index in [-0.39, 0.29) is 27.8 Å². The summed E-state index contributed by atoms with van der Waals surface area (Å²) in [6.07, 6.45) is 36.6. The Morgan fingerprint density at radius 3 is 1.21 bits per heavy atom. The van der Waals surface area contributed by atoms with Crippen molar-refractivity contribution in [3.63, 3.8) is 0 Å². The zero-order chi connectivity index (χ0) is 100. The van der Waals surface area contributed by atoms with Crippen LogP contribution < -0.4 is 38.0 Å². The summed E-state index contributed by atoms with van der Waals surface area (Å²) >= 11 is 0. The molecule has 0 bridgehead atoms. The Balaban J connectivity index is 0.000000107. The number of anilines is 1. The molecule has 1 N–H and O–H groups in total. The van der Waals surface area contributed by atoms with Gasteiger partial charge in [-0.2, -0.15) is 25.5 Å². The third-order valence-corrected chi connectivity index (χ3v) is 28.2. The molecule has 0 atom stereocenters. The molecule has 37 nitrogen and oxygen atoms in total. The van der Waals surface area contributed by atoms with Crippen molar-refractivity contribution in [2.24, 2.45) is 21.1 Å². The van der Waals surface area contributed by atoms with Gasteiger partial charge >= 0.3 is 0 Å². The van der Waals surface area contributed by atoms with Gasteiger partial charge in [0.05, 0.1) is 163 Å². The van der Waals surface area contributed by atoms with Crippen LogP contribution >= 0.6 is 0 Å². The van der Waals surface area contributed by atoms with E-state index in [1.54, 1.807) is 94.0 Å². The number of pyridine rings is 1. The van der Waals surface area contributed by atoms with E-state index in [1.165, 1.54) is 11.1 Å². The fraction of sp³-hybridized carbons (Fsp3) is 0.306. The first-order chi connectivity index (χ1) is 70.3. The molecule has 734 valence electrons. The number of nitrogens with one attached hydrogen (secondary N) is 1. The minimum Gasteiger partial charge on any atom is -0.368 e. The minimum atomic E-state index is -0.118. The average molecular weight is 1940 g/mol. The van der Waals surface area contributed by atoms with Crippen LogP contribution in [0.3, 0.4) is 0 Å². The van der Waals surface area contributed by atoms with Crippen LogP contribution in [0.1, 0.15) is 110 Å². The van der Waals surface area contributed by atoms with Gasteiger partial charge < -0.3 is 24.9 Å². The number of aryl methyl sites for hydroxylation is 8. The van der Waals surface area contributed by atoms with Crippen molar-refractivity contribution in [3.8, 4) is 56.5 Å². The topological polar surface area (TPSA) is 365 Å². The number of aromatic nitrogens is 26. The molecular weight excluding hydrogens is 1830 g/mol. The second kappa shape index (κ2) is 40.2. The highest BCUT2D eigenvalue weighted by Crippen LogP contribution is 2.33. The van der Waals surface area contributed by atoms with Gasteiger partial charge in [0.25, 0.3) is 27.8 Å². The van der Waals surface area contributed by atoms with Crippen LogP contribution in [-0.2, 0) is 21.1 Å². The minimum absolute atomic E-state index is 0.0970. The number of likely N-dealkylation sites (N-methyl/N-ethyl adjacent to an activating group) is 3. The van der Waals surface area contributed by atoms with Crippen LogP contribution in [0.2, 0.25) is 0 Å². The largest absolute Gasteiger partial charge is 0.368 e. The van der Waals surface area contributed by atoms with Crippen molar-refractivity contribution < 1.29 is 0 Å². The van der Waals surface area contributed by atoms with Crippen LogP contribution in [0, 0.1) is 34.6 Å². The van der Waals surface area contributed by atoms with Gasteiger partial charge in [0.15, 0.2) is 22.6 Å². The van der Waals surface area contributed by atoms with Crippen molar-refractivity contribution in [3.05, 3.63) is 311 Å². The summed E-state index contributed by atoms with van der Waals surface area (Å²) in [5.41, 5.74) is 27.0. The molecule has 145 heavy (non-hydrogen) atoms. The lowest BCUT2D eigenvalue weighted by molar-refractivity contribution is 0.220. The van der Waals surface area contributed by atoms with E-state index in [1.807, 2.05) is 191 Å². The molecule has 0 amide bonds. The van der Waals surface area contributed by atoms with Crippen LogP contribution in [0.15, 0.2) is 232 Å². The quantitative estimate of drug-likeness (QED) is 0.112. The Bertz CT molecular complexity index is 8900. The molecule has 5 aliphatic heterocycles. The van der Waals surface area contributed by atoms with Gasteiger partial charge in [-0.1, -0.05) is 57.2 Å². The van der Waals surface area contributed by atoms with E-state index in [0.29, 0.717) is 74.0 Å². The summed E-state index contributed by atoms with van der Waals surface area (Å²) in [4.78, 5) is 127. The smallest absolute Gasteiger partial charge is 0.258 e. The summed E-state index contributed by atoms with van der Waals surface area (Å²) in [7, 11) is 7.82. The number of fused-ring (bicyclic) bond motifs is 10. The first-order valence-electron chi connectivity index (χ1n) is 49.3. The second-order valence-corrected chi connectivity index (χ2v) is 37.7. The molecule has 0 spiro atoms. The van der Waals surface area contributed by atoms with E-state index in [0.717, 1.165) is 253 Å². The predicted molar refractivity (Wildman–Crippen MR) is 564 cm³/mol. The zero-order valence-electron chi connectivity index (χ0n) is 83.3. The molecule has 2 saturated heterocycles. The number of hydrogen-bond donors (Lipinski definition) is 1. The van der Waals surface area contributed by atoms with Crippen molar-refractivity contribution in [1.82, 2.24) is 150 Å². The van der Waals surface area contributed by atoms with Crippen molar-refractivity contribution in [1.29, 1.82) is 0 Å². The molecule has 2 fully saturated rings. The fourth-order valence-electron chi connectivity index (χ4n) is 19.8. The second-order valence-electron chi connectivity index (χ2n) is 37.7. The lowest BCUT2D eigenvalue weighted by Gasteiger charge is -2.35. The maximum atomic E-state index is 13.0. The first-order valence-corrected chi connectivity index (χ1v) is 49.3. The molecule has 37 heteroatoms. The monoisotopic (exact) mass is 1940 g/mol. The normalized spacial score (nSPS) is 15.3. The zero-order valence-corrected chi connectivity index (χ0v) is 83.3. The number of likely N-dealkylation sites (tertiary alicyclic amines) is 1. The number of piperazine rings is 1. The Morgan fingerprint density at radius 1 is 0.352 bits per heavy atom. The average Bonchev–Trinajstić information content (AvgIpc) is 1.70. The number of nitrogens with zero attached hydrogens (tertiary/aromatic N) is 31. The van der Waals surface area contributed by atoms with E-state index < -0.39 is 0 Å². The van der Waals surface area contributed by atoms with Gasteiger partial charge in [-0.25, -0.2) is 34.0 Å². The fourth-order valence-corrected chi connectivity index (χ4v) is 19.8. The molecular formula is C108H112N32O5. The Labute approximate surface area is 832 Å². The summed E-state index contributed by atoms with van der Waals surface area (Å²) in [5.74, 6) is 0.390. The molecule has 22 heterocycles. The highest BCUT2D eigenvalue weighted by molar-refractivity contribution is 5.87. The van der Waals surface area contributed by atoms with Gasteiger partial charge in [0.2, 0.25) is 0 Å². The van der Waals surface area contributed by atoms with Crippen molar-refractivity contribution >= 4 is 94.4 Å². The molecule has 5 aliphatic rings. The first kappa shape index (κ1) is 94.9. The summed E-state index contributed by atoms with van der Waals surface area (Å²) < 4.78 is 17.1. The Morgan fingerprint density at radius 2 is 0.772 bits per heavy atom. The number of piperidine rings is 1. The number of hydrogen-bond acceptors (Lipinski definition) is 27. The third kappa shape index (κ3) is 19.7. The van der Waals surface area contributed by atoms with Gasteiger partial charge in [-0.05, 0) is 190 Å². The van der Waals surface area contributed by atoms with E-state index in [2.05, 4.69) is 157 Å². The molecule has 0 aliphatic carbocycles. The highest BCUT2D eigenvalue weighted by Gasteiger charge is 2.26. The van der Waals surface area contributed by atoms with Gasteiger partial charge in [-0.15, -0.1) is 0 Å². The maximum Gasteiger partial charge on any atom is 0.258 e. The molecule has 3 aromatic carbocycles. The molecule has 0 radical (unpaired) electrons. The third-order valence-electron chi connectivity index (χ3n) is 28.2. The standard InChI is InChI=1S/C23H27N7O.C22H25N7O.C22H22N6O.C21H20N6O.C20H18N6O/c1-5-27-6-8-28(9-7-27)18-10-15(2)23-25-19(12-22(31)29(23)14-18)20-11-21-17(4)24-16(3)13-30(21)26-20;1-4-27-7-5-16(6-8-27)19-13-28-21(11-23-19)25-17(10-22(28)30)18-9-20-15(3)24-14(2)12-29(20)26-18;1-3-27-8-6-15(7-9-27)19-14-28-21(13-23-19)25-18(11-22(28)29)16-4-5-20-17(10-16)12-24-26(20)2;1-25-7-5-14(6-8-25)18-13-27-20(12-22-18)24-17(10-21(27)28)15-3-4-19-16(9-15)11-23-26(19)2;1-25-18-3-2-14(8-15(18)10-23-25)16-9-20(27)26-12-17(22-11-19(26)24-16)13-4-6-21-7-5-13/h10-14H,5-9H2,1-4H3;9-13,16H,4-8H2,1-3H3;4-6,10-14H,3,7-9H2,1-2H3;3-5,9-13H,6-8H2,1-2H3;2-4,8-12,21H,5-7H2,1H3. The van der Waals surface area contributed by atoms with Gasteiger partial charge in [0, 0.05) is 180 Å². The summed E-state index contributed by atoms with van der Waals surface area (Å²) in [6, 6.07) is 31.8. The molecule has 0 unspecified atom stereocenters. The SMILES string of the molecule is CCN1CC=C(c2cn3c(=O)cc(-c4ccc5c(cnn5C)c4)nc3cn2)CC1.CCN1CCC(c2cn3c(=O)cc(-c4cc5c(C)nc(C)cn5n4)nc3cn2)CC1.CCN1CCN(c2cc(C)c3nc(-c4cc5c(C)nc(C)cn5n4)cc(=O)n3c2)CC1.CN1CC=C(c2cn3c(=O)cc(-c4ccc5c(cnn5C)c4)nc3cn2)CC1.Cn1ncc2cc(-c3cc(=O)n4cc(C5=CCNCC5)ncc4n3)ccc21. The van der Waals surface area contributed by atoms with Crippen LogP contribution in [0.4, 0.5) is 5.69 Å². The van der Waals surface area contributed by atoms with E-state index in [9.17, 15) is 24.0 Å². The number of benzene rings is 3. The predicted octanol–water partition coefficient (Wildman–Crippen LogP) is 12.2. The van der Waals surface area contributed by atoms with E-state index in [4.69, 9.17) is 4.98 Å². The summed E-state index contributed by atoms with van der Waals surface area (Å²) in [5, 5.41) is 28.4. The van der Waals surface area contributed by atoms with Crippen LogP contribution in [0.25, 0.3) is 145 Å². The number of rotatable bonds is 13. The molecule has 20 aromatic rings. The maximum absolute atomic E-state index is 13.0. The lowest BCUT2D eigenvalue weighted by atomic mass is 9.94. The Kier molecular flexibility index (Phi) is 26.3. The van der Waals surface area contributed by atoms with Gasteiger partial charge in [-0.3, -0.25) is 94.8 Å². The van der Waals surface area contributed by atoms with Crippen molar-refractivity contribution in [2.45, 2.75) is 93.4 Å². The molecule has 25 rings (SSSR count).